The third-order valence-electron chi connectivity index (χ3n) is 3.16. The van der Waals surface area contributed by atoms with E-state index in [9.17, 15) is 0 Å². The lowest BCUT2D eigenvalue weighted by atomic mass is 9.77. The van der Waals surface area contributed by atoms with E-state index in [4.69, 9.17) is 0 Å². The molecule has 0 saturated heterocycles. The van der Waals surface area contributed by atoms with Crippen LogP contribution in [0.25, 0.3) is 0 Å². The van der Waals surface area contributed by atoms with Gasteiger partial charge in [0.1, 0.15) is 5.82 Å². The van der Waals surface area contributed by atoms with E-state index >= 15 is 0 Å². The van der Waals surface area contributed by atoms with Crippen molar-refractivity contribution in [2.75, 3.05) is 0 Å². The summed E-state index contributed by atoms with van der Waals surface area (Å²) in [4.78, 5) is 4.34. The first-order chi connectivity index (χ1) is 6.07. The minimum atomic E-state index is 0.432. The Morgan fingerprint density at radius 3 is 2.92 bits per heavy atom. The van der Waals surface area contributed by atoms with Crippen molar-refractivity contribution in [2.45, 2.75) is 40.2 Å². The first-order valence-corrected chi connectivity index (χ1v) is 5.07. The van der Waals surface area contributed by atoms with E-state index in [-0.39, 0.29) is 0 Å². The average molecular weight is 178 g/mol. The van der Waals surface area contributed by atoms with Crippen molar-refractivity contribution in [3.8, 4) is 0 Å². The van der Waals surface area contributed by atoms with Gasteiger partial charge < -0.3 is 4.57 Å². The maximum atomic E-state index is 4.34. The Morgan fingerprint density at radius 2 is 2.23 bits per heavy atom. The monoisotopic (exact) mass is 178 g/mol. The fourth-order valence-corrected chi connectivity index (χ4v) is 2.07. The highest BCUT2D eigenvalue weighted by atomic mass is 15.1. The molecule has 2 heterocycles. The van der Waals surface area contributed by atoms with Gasteiger partial charge in [-0.1, -0.05) is 20.8 Å². The van der Waals surface area contributed by atoms with E-state index in [1.165, 1.54) is 12.2 Å². The van der Waals surface area contributed by atoms with Crippen LogP contribution in [0.1, 0.15) is 33.0 Å². The summed E-state index contributed by atoms with van der Waals surface area (Å²) in [5, 5.41) is 0. The lowest BCUT2D eigenvalue weighted by molar-refractivity contribution is 0.180. The molecule has 0 aromatic carbocycles. The molecule has 0 radical (unpaired) electrons. The van der Waals surface area contributed by atoms with Crippen molar-refractivity contribution in [3.05, 3.63) is 18.2 Å². The molecule has 1 aromatic heterocycles. The molecular weight excluding hydrogens is 160 g/mol. The molecule has 0 N–H and O–H groups in total. The molecule has 13 heavy (non-hydrogen) atoms. The maximum Gasteiger partial charge on any atom is 0.108 e. The number of aromatic nitrogens is 2. The maximum absolute atomic E-state index is 4.34. The van der Waals surface area contributed by atoms with Gasteiger partial charge in [-0.2, -0.15) is 0 Å². The number of rotatable bonds is 0. The SMILES string of the molecule is CC(C)(C)C1CCc2nccn2C1. The minimum Gasteiger partial charge on any atom is -0.335 e. The minimum absolute atomic E-state index is 0.432. The van der Waals surface area contributed by atoms with Crippen LogP contribution in [0.4, 0.5) is 0 Å². The van der Waals surface area contributed by atoms with Crippen molar-refractivity contribution in [1.29, 1.82) is 0 Å². The summed E-state index contributed by atoms with van der Waals surface area (Å²) in [6.07, 6.45) is 6.46. The number of hydrogen-bond acceptors (Lipinski definition) is 1. The smallest absolute Gasteiger partial charge is 0.108 e. The third-order valence-corrected chi connectivity index (χ3v) is 3.16. The quantitative estimate of drug-likeness (QED) is 0.597. The van der Waals surface area contributed by atoms with Gasteiger partial charge in [-0.15, -0.1) is 0 Å². The predicted octanol–water partition coefficient (Wildman–Crippen LogP) is 2.49. The number of aryl methyl sites for hydroxylation is 1. The standard InChI is InChI=1S/C11H18N2/c1-11(2,3)9-4-5-10-12-6-7-13(10)8-9/h6-7,9H,4-5,8H2,1-3H3. The zero-order valence-electron chi connectivity index (χ0n) is 8.75. The number of fused-ring (bicyclic) bond motifs is 1. The molecule has 0 saturated carbocycles. The highest BCUT2D eigenvalue weighted by Gasteiger charge is 2.28. The van der Waals surface area contributed by atoms with Gasteiger partial charge in [-0.05, 0) is 17.8 Å². The Labute approximate surface area is 80.0 Å². The van der Waals surface area contributed by atoms with Gasteiger partial charge in [0, 0.05) is 25.4 Å². The Morgan fingerprint density at radius 1 is 1.46 bits per heavy atom. The third kappa shape index (κ3) is 1.62. The van der Waals surface area contributed by atoms with Gasteiger partial charge >= 0.3 is 0 Å². The van der Waals surface area contributed by atoms with Crippen molar-refractivity contribution in [2.24, 2.45) is 11.3 Å². The van der Waals surface area contributed by atoms with Gasteiger partial charge in [0.25, 0.3) is 0 Å². The largest absolute Gasteiger partial charge is 0.335 e. The number of hydrogen-bond donors (Lipinski definition) is 0. The summed E-state index contributed by atoms with van der Waals surface area (Å²) >= 11 is 0. The van der Waals surface area contributed by atoms with Gasteiger partial charge in [0.2, 0.25) is 0 Å². The average Bonchev–Trinajstić information content (AvgIpc) is 2.47. The van der Waals surface area contributed by atoms with Crippen molar-refractivity contribution in [1.82, 2.24) is 9.55 Å². The molecule has 1 aliphatic rings. The van der Waals surface area contributed by atoms with Crippen molar-refractivity contribution < 1.29 is 0 Å². The summed E-state index contributed by atoms with van der Waals surface area (Å²) in [5.41, 5.74) is 0.432. The second kappa shape index (κ2) is 2.86. The van der Waals surface area contributed by atoms with Crippen molar-refractivity contribution in [3.63, 3.8) is 0 Å². The van der Waals surface area contributed by atoms with E-state index in [0.717, 1.165) is 18.9 Å². The molecule has 1 unspecified atom stereocenters. The molecule has 72 valence electrons. The molecule has 0 spiro atoms. The van der Waals surface area contributed by atoms with Crippen LogP contribution >= 0.6 is 0 Å². The Bertz CT molecular complexity index is 293. The molecular formula is C11H18N2. The van der Waals surface area contributed by atoms with E-state index in [1.54, 1.807) is 0 Å². The van der Waals surface area contributed by atoms with Crippen LogP contribution in [-0.2, 0) is 13.0 Å². The highest BCUT2D eigenvalue weighted by Crippen LogP contribution is 2.33. The van der Waals surface area contributed by atoms with Crippen molar-refractivity contribution >= 4 is 0 Å². The molecule has 0 bridgehead atoms. The summed E-state index contributed by atoms with van der Waals surface area (Å²) in [7, 11) is 0. The summed E-state index contributed by atoms with van der Waals surface area (Å²) in [6.45, 7) is 8.15. The fraction of sp³-hybridized carbons (Fsp3) is 0.727. The van der Waals surface area contributed by atoms with E-state index in [2.05, 4.69) is 36.5 Å². The lowest BCUT2D eigenvalue weighted by Crippen LogP contribution is -2.30. The van der Waals surface area contributed by atoms with Crippen LogP contribution in [0.3, 0.4) is 0 Å². The fourth-order valence-electron chi connectivity index (χ4n) is 2.07. The summed E-state index contributed by atoms with van der Waals surface area (Å²) in [6, 6.07) is 0. The van der Waals surface area contributed by atoms with E-state index in [0.29, 0.717) is 5.41 Å². The molecule has 1 aromatic rings. The summed E-state index contributed by atoms with van der Waals surface area (Å²) < 4.78 is 2.30. The Kier molecular flexibility index (Phi) is 1.94. The molecule has 0 fully saturated rings. The van der Waals surface area contributed by atoms with Crippen LogP contribution in [-0.4, -0.2) is 9.55 Å². The molecule has 0 amide bonds. The first kappa shape index (κ1) is 8.79. The van der Waals surface area contributed by atoms with Gasteiger partial charge in [0.15, 0.2) is 0 Å². The highest BCUT2D eigenvalue weighted by molar-refractivity contribution is 4.98. The number of imidazole rings is 1. The van der Waals surface area contributed by atoms with E-state index < -0.39 is 0 Å². The first-order valence-electron chi connectivity index (χ1n) is 5.07. The molecule has 2 rings (SSSR count). The molecule has 0 aliphatic carbocycles. The Hall–Kier alpha value is -0.790. The van der Waals surface area contributed by atoms with Gasteiger partial charge in [0.05, 0.1) is 0 Å². The Balaban J connectivity index is 2.18. The van der Waals surface area contributed by atoms with Crippen LogP contribution in [0, 0.1) is 11.3 Å². The summed E-state index contributed by atoms with van der Waals surface area (Å²) in [5.74, 6) is 2.06. The van der Waals surface area contributed by atoms with Crippen LogP contribution in [0.15, 0.2) is 12.4 Å². The second-order valence-electron chi connectivity index (χ2n) is 5.10. The normalized spacial score (nSPS) is 22.8. The van der Waals surface area contributed by atoms with Gasteiger partial charge in [-0.25, -0.2) is 4.98 Å². The second-order valence-corrected chi connectivity index (χ2v) is 5.10. The topological polar surface area (TPSA) is 17.8 Å². The zero-order valence-corrected chi connectivity index (χ0v) is 8.75. The van der Waals surface area contributed by atoms with Crippen LogP contribution < -0.4 is 0 Å². The lowest BCUT2D eigenvalue weighted by Gasteiger charge is -2.34. The zero-order chi connectivity index (χ0) is 9.47. The molecule has 1 aliphatic heterocycles. The number of nitrogens with zero attached hydrogens (tertiary/aromatic N) is 2. The molecule has 2 nitrogen and oxygen atoms in total. The van der Waals surface area contributed by atoms with Crippen LogP contribution in [0.5, 0.6) is 0 Å². The molecule has 2 heteroatoms. The predicted molar refractivity (Wildman–Crippen MR) is 53.5 cm³/mol. The van der Waals surface area contributed by atoms with E-state index in [1.807, 2.05) is 6.20 Å². The van der Waals surface area contributed by atoms with Gasteiger partial charge in [-0.3, -0.25) is 0 Å². The molecule has 1 atom stereocenters. The van der Waals surface area contributed by atoms with Crippen LogP contribution in [0.2, 0.25) is 0 Å².